The molecule has 1 atom stereocenters. The molecule has 0 saturated carbocycles. The molecule has 1 fully saturated rings. The Bertz CT molecular complexity index is 634. The summed E-state index contributed by atoms with van der Waals surface area (Å²) in [5.74, 6) is 0.432. The van der Waals surface area contributed by atoms with Gasteiger partial charge in [0.05, 0.1) is 5.56 Å². The van der Waals surface area contributed by atoms with Crippen molar-refractivity contribution in [1.82, 2.24) is 10.3 Å². The van der Waals surface area contributed by atoms with E-state index in [0.29, 0.717) is 11.5 Å². The molecule has 0 aliphatic carbocycles. The summed E-state index contributed by atoms with van der Waals surface area (Å²) < 4.78 is 0.717. The van der Waals surface area contributed by atoms with Gasteiger partial charge in [0.25, 0.3) is 5.91 Å². The third-order valence-corrected chi connectivity index (χ3v) is 4.40. The number of aromatic nitrogens is 1. The molecule has 1 unspecified atom stereocenters. The van der Waals surface area contributed by atoms with Crippen LogP contribution in [0.2, 0.25) is 0 Å². The average Bonchev–Trinajstić information content (AvgIpc) is 2.57. The highest BCUT2D eigenvalue weighted by Gasteiger charge is 2.15. The Morgan fingerprint density at radius 3 is 2.68 bits per heavy atom. The molecule has 1 saturated heterocycles. The molecule has 0 radical (unpaired) electrons. The van der Waals surface area contributed by atoms with Gasteiger partial charge in [0.15, 0.2) is 0 Å². The van der Waals surface area contributed by atoms with Gasteiger partial charge in [-0.2, -0.15) is 0 Å². The Morgan fingerprint density at radius 2 is 2.05 bits per heavy atom. The van der Waals surface area contributed by atoms with E-state index >= 15 is 0 Å². The zero-order valence-corrected chi connectivity index (χ0v) is 13.8. The van der Waals surface area contributed by atoms with Gasteiger partial charge in [0, 0.05) is 18.4 Å². The minimum absolute atomic E-state index is 0.146. The zero-order valence-electron chi connectivity index (χ0n) is 12.2. The van der Waals surface area contributed by atoms with E-state index in [1.807, 2.05) is 12.1 Å². The summed E-state index contributed by atoms with van der Waals surface area (Å²) in [4.78, 5) is 16.2. The van der Waals surface area contributed by atoms with E-state index < -0.39 is 0 Å². The Morgan fingerprint density at radius 1 is 1.23 bits per heavy atom. The number of benzene rings is 1. The number of hydrogen-bond acceptors (Lipinski definition) is 3. The zero-order chi connectivity index (χ0) is 15.4. The average molecular weight is 360 g/mol. The summed E-state index contributed by atoms with van der Waals surface area (Å²) in [5, 5.41) is 6.32. The van der Waals surface area contributed by atoms with Crippen LogP contribution in [0.15, 0.2) is 47.2 Å². The fourth-order valence-electron chi connectivity index (χ4n) is 2.69. The van der Waals surface area contributed by atoms with Crippen molar-refractivity contribution in [3.05, 3.63) is 58.3 Å². The molecule has 22 heavy (non-hydrogen) atoms. The fraction of sp³-hybridized carbons (Fsp3) is 0.294. The largest absolute Gasteiger partial charge is 0.322 e. The second kappa shape index (κ2) is 7.03. The fourth-order valence-corrected chi connectivity index (χ4v) is 2.92. The summed E-state index contributed by atoms with van der Waals surface area (Å²) in [6.07, 6.45) is 4.00. The molecular weight excluding hydrogens is 342 g/mol. The number of hydrogen-bond donors (Lipinski definition) is 2. The van der Waals surface area contributed by atoms with E-state index in [4.69, 9.17) is 0 Å². The predicted octanol–water partition coefficient (Wildman–Crippen LogP) is 3.56. The number of carbonyl (C=O) groups excluding carboxylic acids is 1. The Hall–Kier alpha value is -1.72. The lowest BCUT2D eigenvalue weighted by molar-refractivity contribution is 0.102. The van der Waals surface area contributed by atoms with Crippen LogP contribution in [0.5, 0.6) is 0 Å². The van der Waals surface area contributed by atoms with E-state index in [1.54, 1.807) is 18.3 Å². The molecule has 2 aromatic rings. The van der Waals surface area contributed by atoms with Gasteiger partial charge in [-0.3, -0.25) is 4.79 Å². The normalized spacial score (nSPS) is 18.0. The van der Waals surface area contributed by atoms with Crippen LogP contribution < -0.4 is 10.6 Å². The van der Waals surface area contributed by atoms with Gasteiger partial charge >= 0.3 is 0 Å². The van der Waals surface area contributed by atoms with Crippen molar-refractivity contribution in [2.45, 2.75) is 18.8 Å². The standard InChI is InChI=1S/C17H18BrN3O/c18-16-8-5-14(11-20-16)17(22)21-15-6-3-12(4-7-15)13-2-1-9-19-10-13/h3-8,11,13,19H,1-2,9-10H2,(H,21,22). The van der Waals surface area contributed by atoms with Gasteiger partial charge in [-0.25, -0.2) is 4.98 Å². The molecule has 5 heteroatoms. The Balaban J connectivity index is 1.65. The first-order valence-electron chi connectivity index (χ1n) is 7.46. The first-order chi connectivity index (χ1) is 10.7. The number of carbonyl (C=O) groups is 1. The lowest BCUT2D eigenvalue weighted by atomic mass is 9.92. The Labute approximate surface area is 138 Å². The van der Waals surface area contributed by atoms with E-state index in [2.05, 4.69) is 43.7 Å². The monoisotopic (exact) mass is 359 g/mol. The van der Waals surface area contributed by atoms with Crippen LogP contribution in [-0.2, 0) is 0 Å². The van der Waals surface area contributed by atoms with Crippen LogP contribution in [0.3, 0.4) is 0 Å². The Kier molecular flexibility index (Phi) is 4.85. The van der Waals surface area contributed by atoms with E-state index in [9.17, 15) is 4.79 Å². The molecule has 0 spiro atoms. The first kappa shape index (κ1) is 15.2. The summed E-state index contributed by atoms with van der Waals surface area (Å²) in [6.45, 7) is 2.15. The highest BCUT2D eigenvalue weighted by molar-refractivity contribution is 9.10. The van der Waals surface area contributed by atoms with Gasteiger partial charge in [0.1, 0.15) is 4.60 Å². The number of anilines is 1. The van der Waals surface area contributed by atoms with E-state index in [0.717, 1.165) is 23.4 Å². The molecule has 0 bridgehead atoms. The lowest BCUT2D eigenvalue weighted by Crippen LogP contribution is -2.28. The van der Waals surface area contributed by atoms with Crippen LogP contribution >= 0.6 is 15.9 Å². The summed E-state index contributed by atoms with van der Waals surface area (Å²) in [5.41, 5.74) is 2.68. The third kappa shape index (κ3) is 3.72. The third-order valence-electron chi connectivity index (χ3n) is 3.93. The number of amides is 1. The van der Waals surface area contributed by atoms with Crippen LogP contribution in [0.25, 0.3) is 0 Å². The molecule has 4 nitrogen and oxygen atoms in total. The quantitative estimate of drug-likeness (QED) is 0.823. The van der Waals surface area contributed by atoms with Crippen molar-refractivity contribution in [2.24, 2.45) is 0 Å². The smallest absolute Gasteiger partial charge is 0.257 e. The van der Waals surface area contributed by atoms with E-state index in [1.165, 1.54) is 18.4 Å². The van der Waals surface area contributed by atoms with Crippen molar-refractivity contribution >= 4 is 27.5 Å². The van der Waals surface area contributed by atoms with Crippen LogP contribution in [0.1, 0.15) is 34.7 Å². The van der Waals surface area contributed by atoms with Gasteiger partial charge < -0.3 is 10.6 Å². The number of nitrogens with one attached hydrogen (secondary N) is 2. The van der Waals surface area contributed by atoms with Crippen molar-refractivity contribution in [1.29, 1.82) is 0 Å². The van der Waals surface area contributed by atoms with Gasteiger partial charge in [-0.15, -0.1) is 0 Å². The maximum Gasteiger partial charge on any atom is 0.257 e. The van der Waals surface area contributed by atoms with Crippen molar-refractivity contribution in [2.75, 3.05) is 18.4 Å². The molecule has 1 aliphatic rings. The molecule has 1 amide bonds. The van der Waals surface area contributed by atoms with Crippen LogP contribution in [0.4, 0.5) is 5.69 Å². The second-order valence-corrected chi connectivity index (χ2v) is 6.30. The maximum atomic E-state index is 12.1. The highest BCUT2D eigenvalue weighted by atomic mass is 79.9. The second-order valence-electron chi connectivity index (χ2n) is 5.49. The first-order valence-corrected chi connectivity index (χ1v) is 8.25. The number of piperidine rings is 1. The number of nitrogens with zero attached hydrogens (tertiary/aromatic N) is 1. The SMILES string of the molecule is O=C(Nc1ccc(C2CCCNC2)cc1)c1ccc(Br)nc1. The molecule has 1 aromatic carbocycles. The van der Waals surface area contributed by atoms with Crippen LogP contribution in [-0.4, -0.2) is 24.0 Å². The summed E-state index contributed by atoms with van der Waals surface area (Å²) in [7, 11) is 0. The minimum atomic E-state index is -0.146. The molecule has 3 rings (SSSR count). The van der Waals surface area contributed by atoms with Crippen molar-refractivity contribution in [3.8, 4) is 0 Å². The number of pyridine rings is 1. The number of halogens is 1. The molecule has 2 N–H and O–H groups in total. The molecule has 114 valence electrons. The van der Waals surface area contributed by atoms with Crippen molar-refractivity contribution in [3.63, 3.8) is 0 Å². The van der Waals surface area contributed by atoms with Gasteiger partial charge in [-0.1, -0.05) is 12.1 Å². The topological polar surface area (TPSA) is 54.0 Å². The van der Waals surface area contributed by atoms with Crippen LogP contribution in [0, 0.1) is 0 Å². The summed E-state index contributed by atoms with van der Waals surface area (Å²) in [6, 6.07) is 11.6. The predicted molar refractivity (Wildman–Crippen MR) is 91.2 cm³/mol. The highest BCUT2D eigenvalue weighted by Crippen LogP contribution is 2.24. The summed E-state index contributed by atoms with van der Waals surface area (Å²) >= 11 is 3.26. The molecular formula is C17H18BrN3O. The molecule has 2 heterocycles. The lowest BCUT2D eigenvalue weighted by Gasteiger charge is -2.23. The molecule has 1 aromatic heterocycles. The number of rotatable bonds is 3. The maximum absolute atomic E-state index is 12.1. The minimum Gasteiger partial charge on any atom is -0.322 e. The van der Waals surface area contributed by atoms with Crippen molar-refractivity contribution < 1.29 is 4.79 Å². The van der Waals surface area contributed by atoms with Gasteiger partial charge in [0.2, 0.25) is 0 Å². The molecule has 1 aliphatic heterocycles. The van der Waals surface area contributed by atoms with E-state index in [-0.39, 0.29) is 5.91 Å². The van der Waals surface area contributed by atoms with Gasteiger partial charge in [-0.05, 0) is 71.1 Å².